The molecule has 0 aromatic heterocycles. The summed E-state index contributed by atoms with van der Waals surface area (Å²) in [5.41, 5.74) is 6.06. The van der Waals surface area contributed by atoms with E-state index in [4.69, 9.17) is 9.73 Å². The number of ether oxygens (including phenoxy) is 1. The summed E-state index contributed by atoms with van der Waals surface area (Å²) in [5.74, 6) is 1.56. The Morgan fingerprint density at radius 1 is 0.938 bits per heavy atom. The third-order valence-corrected chi connectivity index (χ3v) is 5.51. The van der Waals surface area contributed by atoms with Crippen molar-refractivity contribution in [2.45, 2.75) is 26.2 Å². The van der Waals surface area contributed by atoms with Gasteiger partial charge in [-0.05, 0) is 66.4 Å². The van der Waals surface area contributed by atoms with Crippen molar-refractivity contribution >= 4 is 11.7 Å². The Morgan fingerprint density at radius 3 is 2.22 bits per heavy atom. The van der Waals surface area contributed by atoms with Crippen LogP contribution in [0.15, 0.2) is 89.1 Å². The maximum absolute atomic E-state index is 12.7. The van der Waals surface area contributed by atoms with Gasteiger partial charge in [0.05, 0.1) is 7.11 Å². The number of amides is 1. The summed E-state index contributed by atoms with van der Waals surface area (Å²) in [7, 11) is 1.65. The molecule has 3 aromatic rings. The first-order valence-corrected chi connectivity index (χ1v) is 10.6. The van der Waals surface area contributed by atoms with Gasteiger partial charge in [-0.3, -0.25) is 4.79 Å². The van der Waals surface area contributed by atoms with Crippen molar-refractivity contribution in [3.8, 4) is 11.5 Å². The minimum Gasteiger partial charge on any atom is -0.508 e. The second-order valence-corrected chi connectivity index (χ2v) is 7.97. The lowest BCUT2D eigenvalue weighted by Crippen LogP contribution is -2.29. The summed E-state index contributed by atoms with van der Waals surface area (Å²) in [6.45, 7) is 1.99. The number of phenols is 1. The van der Waals surface area contributed by atoms with Gasteiger partial charge in [-0.15, -0.1) is 0 Å². The van der Waals surface area contributed by atoms with Crippen molar-refractivity contribution in [2.75, 3.05) is 7.11 Å². The molecule has 1 aliphatic rings. The van der Waals surface area contributed by atoms with Crippen molar-refractivity contribution < 1.29 is 14.6 Å². The lowest BCUT2D eigenvalue weighted by molar-refractivity contribution is 0.0976. The second-order valence-electron chi connectivity index (χ2n) is 7.97. The van der Waals surface area contributed by atoms with Crippen molar-refractivity contribution in [2.24, 2.45) is 4.99 Å². The van der Waals surface area contributed by atoms with E-state index in [0.717, 1.165) is 33.7 Å². The first kappa shape index (κ1) is 21.4. The average Bonchev–Trinajstić information content (AvgIpc) is 3.16. The largest absolute Gasteiger partial charge is 0.508 e. The second kappa shape index (κ2) is 9.52. The number of hydrogen-bond acceptors (Lipinski definition) is 4. The molecule has 0 saturated carbocycles. The van der Waals surface area contributed by atoms with E-state index in [2.05, 4.69) is 5.32 Å². The number of nitrogens with zero attached hydrogens (tertiary/aromatic N) is 1. The molecule has 1 amide bonds. The highest BCUT2D eigenvalue weighted by molar-refractivity contribution is 6.08. The van der Waals surface area contributed by atoms with Crippen LogP contribution < -0.4 is 10.1 Å². The molecule has 2 N–H and O–H groups in total. The number of benzene rings is 3. The van der Waals surface area contributed by atoms with Gasteiger partial charge in [0, 0.05) is 24.1 Å². The van der Waals surface area contributed by atoms with E-state index in [1.165, 1.54) is 0 Å². The quantitative estimate of drug-likeness (QED) is 0.584. The maximum Gasteiger partial charge on any atom is 0.256 e. The number of hydrogen-bond donors (Lipinski definition) is 2. The standard InChI is InChI=1S/C27H26N2O3/c1-18-3-9-21(10-4-18)27(31)29-26-17-22(15-19-5-11-23(30)12-6-19)25(28-26)16-20-7-13-24(32-2)14-8-20/h3-14,30H,15-17H2,1-2H3,(H,28,29,31). The Bertz CT molecular complexity index is 1160. The van der Waals surface area contributed by atoms with Crippen molar-refractivity contribution in [3.05, 3.63) is 106 Å². The molecule has 0 atom stereocenters. The summed E-state index contributed by atoms with van der Waals surface area (Å²) in [5, 5.41) is 12.6. The average molecular weight is 427 g/mol. The Kier molecular flexibility index (Phi) is 6.36. The Morgan fingerprint density at radius 2 is 1.56 bits per heavy atom. The van der Waals surface area contributed by atoms with Crippen LogP contribution in [0.25, 0.3) is 0 Å². The van der Waals surface area contributed by atoms with Crippen LogP contribution in [0.5, 0.6) is 11.5 Å². The van der Waals surface area contributed by atoms with E-state index in [0.29, 0.717) is 30.7 Å². The van der Waals surface area contributed by atoms with Gasteiger partial charge in [0.15, 0.2) is 0 Å². The van der Waals surface area contributed by atoms with E-state index in [1.807, 2.05) is 67.6 Å². The molecule has 0 radical (unpaired) electrons. The Labute approximate surface area is 188 Å². The lowest BCUT2D eigenvalue weighted by Gasteiger charge is -2.08. The number of phenolic OH excluding ortho intramolecular Hbond substituents is 1. The van der Waals surface area contributed by atoms with Gasteiger partial charge in [-0.2, -0.15) is 0 Å². The fourth-order valence-corrected chi connectivity index (χ4v) is 3.69. The molecular formula is C27H26N2O3. The first-order chi connectivity index (χ1) is 15.5. The summed E-state index contributed by atoms with van der Waals surface area (Å²) >= 11 is 0. The van der Waals surface area contributed by atoms with E-state index < -0.39 is 0 Å². The minimum absolute atomic E-state index is 0.154. The number of carbonyl (C=O) groups is 1. The van der Waals surface area contributed by atoms with Gasteiger partial charge in [0.1, 0.15) is 17.3 Å². The molecule has 4 rings (SSSR count). The van der Waals surface area contributed by atoms with Gasteiger partial charge >= 0.3 is 0 Å². The smallest absolute Gasteiger partial charge is 0.256 e. The molecule has 0 unspecified atom stereocenters. The number of rotatable bonds is 6. The number of carbonyl (C=O) groups excluding carboxylic acids is 1. The van der Waals surface area contributed by atoms with E-state index in [-0.39, 0.29) is 11.7 Å². The molecule has 3 aromatic carbocycles. The molecule has 0 bridgehead atoms. The maximum atomic E-state index is 12.7. The number of aromatic hydroxyl groups is 1. The van der Waals surface area contributed by atoms with Crippen LogP contribution in [-0.2, 0) is 12.8 Å². The molecule has 162 valence electrons. The van der Waals surface area contributed by atoms with Crippen LogP contribution in [0.4, 0.5) is 0 Å². The van der Waals surface area contributed by atoms with E-state index >= 15 is 0 Å². The van der Waals surface area contributed by atoms with Crippen LogP contribution in [0, 0.1) is 6.92 Å². The fourth-order valence-electron chi connectivity index (χ4n) is 3.69. The molecule has 0 aliphatic carbocycles. The van der Waals surface area contributed by atoms with Crippen LogP contribution in [-0.4, -0.2) is 24.0 Å². The van der Waals surface area contributed by atoms with Crippen molar-refractivity contribution in [1.29, 1.82) is 0 Å². The highest BCUT2D eigenvalue weighted by atomic mass is 16.5. The summed E-state index contributed by atoms with van der Waals surface area (Å²) in [4.78, 5) is 17.5. The molecule has 0 saturated heterocycles. The van der Waals surface area contributed by atoms with Crippen molar-refractivity contribution in [3.63, 3.8) is 0 Å². The first-order valence-electron chi connectivity index (χ1n) is 10.6. The fraction of sp³-hybridized carbons (Fsp3) is 0.185. The summed E-state index contributed by atoms with van der Waals surface area (Å²) in [6.07, 6.45) is 1.96. The molecule has 0 spiro atoms. The van der Waals surface area contributed by atoms with Gasteiger partial charge in [-0.1, -0.05) is 42.0 Å². The molecule has 5 heteroatoms. The Hall–Kier alpha value is -3.86. The minimum atomic E-state index is -0.154. The number of allylic oxidation sites excluding steroid dienone is 1. The molecule has 0 fully saturated rings. The highest BCUT2D eigenvalue weighted by Gasteiger charge is 2.21. The number of aliphatic imine (C=N–C) groups is 1. The van der Waals surface area contributed by atoms with Crippen LogP contribution in [0.1, 0.15) is 33.5 Å². The van der Waals surface area contributed by atoms with Crippen LogP contribution in [0.2, 0.25) is 0 Å². The molecule has 1 aliphatic heterocycles. The topological polar surface area (TPSA) is 70.9 Å². The SMILES string of the molecule is COc1ccc(CC2=C(Cc3ccc(O)cc3)CC(NC(=O)c3ccc(C)cc3)=N2)cc1. The van der Waals surface area contributed by atoms with Gasteiger partial charge in [0.2, 0.25) is 0 Å². The predicted octanol–water partition coefficient (Wildman–Crippen LogP) is 4.98. The zero-order valence-electron chi connectivity index (χ0n) is 18.3. The summed E-state index contributed by atoms with van der Waals surface area (Å²) < 4.78 is 5.25. The number of methoxy groups -OCH3 is 1. The monoisotopic (exact) mass is 426 g/mol. The summed E-state index contributed by atoms with van der Waals surface area (Å²) in [6, 6.07) is 22.6. The lowest BCUT2D eigenvalue weighted by atomic mass is 9.99. The number of aryl methyl sites for hydroxylation is 1. The van der Waals surface area contributed by atoms with E-state index in [9.17, 15) is 9.90 Å². The van der Waals surface area contributed by atoms with Crippen molar-refractivity contribution in [1.82, 2.24) is 5.32 Å². The predicted molar refractivity (Wildman–Crippen MR) is 126 cm³/mol. The normalized spacial score (nSPS) is 13.1. The van der Waals surface area contributed by atoms with Gasteiger partial charge in [0.25, 0.3) is 5.91 Å². The number of nitrogens with one attached hydrogen (secondary N) is 1. The molecule has 1 heterocycles. The highest BCUT2D eigenvalue weighted by Crippen LogP contribution is 2.27. The van der Waals surface area contributed by atoms with Gasteiger partial charge in [-0.25, -0.2) is 4.99 Å². The zero-order valence-corrected chi connectivity index (χ0v) is 18.3. The number of amidine groups is 1. The third kappa shape index (κ3) is 5.24. The Balaban J connectivity index is 1.54. The molecule has 5 nitrogen and oxygen atoms in total. The van der Waals surface area contributed by atoms with Gasteiger partial charge < -0.3 is 15.2 Å². The van der Waals surface area contributed by atoms with Crippen LogP contribution >= 0.6 is 0 Å². The molecular weight excluding hydrogens is 400 g/mol. The zero-order chi connectivity index (χ0) is 22.5. The molecule has 32 heavy (non-hydrogen) atoms. The third-order valence-electron chi connectivity index (χ3n) is 5.51. The van der Waals surface area contributed by atoms with E-state index in [1.54, 1.807) is 19.2 Å². The van der Waals surface area contributed by atoms with Crippen LogP contribution in [0.3, 0.4) is 0 Å².